The van der Waals surface area contributed by atoms with E-state index in [0.29, 0.717) is 17.4 Å². The largest absolute Gasteiger partial charge is 0.353 e. The molecule has 2 saturated heterocycles. The first-order valence-corrected chi connectivity index (χ1v) is 11.1. The number of piperidine rings is 1. The number of carbonyl (C=O) groups is 1. The van der Waals surface area contributed by atoms with Crippen LogP contribution in [-0.2, 0) is 11.2 Å². The maximum absolute atomic E-state index is 13.0. The summed E-state index contributed by atoms with van der Waals surface area (Å²) >= 11 is 6.06. The molecule has 6 heteroatoms. The zero-order chi connectivity index (χ0) is 20.5. The van der Waals surface area contributed by atoms with E-state index < -0.39 is 0 Å². The number of anilines is 1. The minimum Gasteiger partial charge on any atom is -0.353 e. The van der Waals surface area contributed by atoms with Gasteiger partial charge in [-0.15, -0.1) is 0 Å². The molecule has 0 aliphatic carbocycles. The minimum atomic E-state index is 0.268. The van der Waals surface area contributed by atoms with Gasteiger partial charge in [-0.2, -0.15) is 0 Å². The lowest BCUT2D eigenvalue weighted by atomic mass is 9.92. The first-order valence-electron chi connectivity index (χ1n) is 10.7. The predicted octanol–water partition coefficient (Wildman–Crippen LogP) is 4.34. The van der Waals surface area contributed by atoms with Gasteiger partial charge in [0.2, 0.25) is 5.91 Å². The fourth-order valence-corrected chi connectivity index (χ4v) is 4.99. The van der Waals surface area contributed by atoms with Gasteiger partial charge in [0.1, 0.15) is 5.82 Å². The highest BCUT2D eigenvalue weighted by atomic mass is 35.5. The Balaban J connectivity index is 1.28. The summed E-state index contributed by atoms with van der Waals surface area (Å²) in [7, 11) is 0. The number of rotatable bonds is 4. The summed E-state index contributed by atoms with van der Waals surface area (Å²) in [6, 6.07) is 16.1. The second kappa shape index (κ2) is 8.23. The van der Waals surface area contributed by atoms with Crippen LogP contribution in [0.2, 0.25) is 5.02 Å². The average molecular weight is 421 g/mol. The van der Waals surface area contributed by atoms with Gasteiger partial charge < -0.3 is 9.80 Å². The van der Waals surface area contributed by atoms with Crippen LogP contribution in [-0.4, -0.2) is 46.5 Å². The smallest absolute Gasteiger partial charge is 0.223 e. The van der Waals surface area contributed by atoms with E-state index in [4.69, 9.17) is 16.6 Å². The Morgan fingerprint density at radius 3 is 2.77 bits per heavy atom. The van der Waals surface area contributed by atoms with Gasteiger partial charge in [-0.3, -0.25) is 9.78 Å². The standard InChI is InChI=1S/C24H25ClN4O/c25-19-7-8-20-21(14-19)26-15-23(27-20)28-12-10-18-11-13-29(22(18)16-28)24(30)9-6-17-4-2-1-3-5-17/h1-5,7-8,14-15,18,22H,6,9-13,16H2. The minimum absolute atomic E-state index is 0.268. The molecule has 0 saturated carbocycles. The number of likely N-dealkylation sites (tertiary alicyclic amines) is 1. The molecule has 5 rings (SSSR count). The normalized spacial score (nSPS) is 21.1. The molecule has 5 nitrogen and oxygen atoms in total. The number of aryl methyl sites for hydroxylation is 1. The van der Waals surface area contributed by atoms with Crippen LogP contribution >= 0.6 is 11.6 Å². The van der Waals surface area contributed by atoms with E-state index in [1.807, 2.05) is 42.6 Å². The van der Waals surface area contributed by atoms with Crippen molar-refractivity contribution >= 4 is 34.4 Å². The first kappa shape index (κ1) is 19.3. The van der Waals surface area contributed by atoms with Gasteiger partial charge in [0, 0.05) is 31.1 Å². The summed E-state index contributed by atoms with van der Waals surface area (Å²) in [5, 5.41) is 0.668. The third-order valence-electron chi connectivity index (χ3n) is 6.47. The predicted molar refractivity (Wildman–Crippen MR) is 120 cm³/mol. The van der Waals surface area contributed by atoms with Crippen LogP contribution in [0.4, 0.5) is 5.82 Å². The van der Waals surface area contributed by atoms with Crippen LogP contribution in [0.1, 0.15) is 24.8 Å². The Morgan fingerprint density at radius 1 is 1.07 bits per heavy atom. The van der Waals surface area contributed by atoms with Gasteiger partial charge in [0.25, 0.3) is 0 Å². The lowest BCUT2D eigenvalue weighted by Crippen LogP contribution is -2.50. The van der Waals surface area contributed by atoms with Crippen molar-refractivity contribution in [3.63, 3.8) is 0 Å². The maximum Gasteiger partial charge on any atom is 0.223 e. The van der Waals surface area contributed by atoms with Crippen molar-refractivity contribution in [3.8, 4) is 0 Å². The summed E-state index contributed by atoms with van der Waals surface area (Å²) in [6.45, 7) is 2.66. The van der Waals surface area contributed by atoms with Gasteiger partial charge in [0.15, 0.2) is 0 Å². The van der Waals surface area contributed by atoms with Crippen molar-refractivity contribution in [2.45, 2.75) is 31.7 Å². The second-order valence-electron chi connectivity index (χ2n) is 8.28. The Bertz CT molecular complexity index is 1060. The van der Waals surface area contributed by atoms with E-state index in [2.05, 4.69) is 26.9 Å². The van der Waals surface area contributed by atoms with E-state index in [9.17, 15) is 4.79 Å². The van der Waals surface area contributed by atoms with Crippen LogP contribution in [0.25, 0.3) is 11.0 Å². The number of carbonyl (C=O) groups excluding carboxylic acids is 1. The summed E-state index contributed by atoms with van der Waals surface area (Å²) in [5.74, 6) is 1.74. The van der Waals surface area contributed by atoms with Crippen LogP contribution in [0.3, 0.4) is 0 Å². The molecular formula is C24H25ClN4O. The number of halogens is 1. The zero-order valence-electron chi connectivity index (χ0n) is 16.9. The topological polar surface area (TPSA) is 49.3 Å². The summed E-state index contributed by atoms with van der Waals surface area (Å²) < 4.78 is 0. The van der Waals surface area contributed by atoms with Gasteiger partial charge in [-0.05, 0) is 48.9 Å². The molecule has 1 aromatic heterocycles. The fourth-order valence-electron chi connectivity index (χ4n) is 4.82. The molecule has 2 fully saturated rings. The molecule has 2 unspecified atom stereocenters. The molecule has 0 radical (unpaired) electrons. The molecule has 1 amide bonds. The third kappa shape index (κ3) is 3.86. The summed E-state index contributed by atoms with van der Waals surface area (Å²) in [4.78, 5) is 26.7. The highest BCUT2D eigenvalue weighted by Gasteiger charge is 2.40. The van der Waals surface area contributed by atoms with E-state index in [1.54, 1.807) is 0 Å². The SMILES string of the molecule is O=C(CCc1ccccc1)N1CCC2CCN(c3cnc4cc(Cl)ccc4n3)CC21. The molecule has 2 aliphatic rings. The van der Waals surface area contributed by atoms with Gasteiger partial charge >= 0.3 is 0 Å². The molecule has 3 heterocycles. The first-order chi connectivity index (χ1) is 14.7. The molecule has 3 aromatic rings. The number of benzene rings is 2. The number of amides is 1. The van der Waals surface area contributed by atoms with E-state index in [-0.39, 0.29) is 11.9 Å². The molecule has 0 bridgehead atoms. The van der Waals surface area contributed by atoms with Gasteiger partial charge in [-0.1, -0.05) is 41.9 Å². The monoisotopic (exact) mass is 420 g/mol. The number of aromatic nitrogens is 2. The Morgan fingerprint density at radius 2 is 1.90 bits per heavy atom. The Hall–Kier alpha value is -2.66. The van der Waals surface area contributed by atoms with Crippen molar-refractivity contribution in [2.24, 2.45) is 5.92 Å². The third-order valence-corrected chi connectivity index (χ3v) is 6.70. The van der Waals surface area contributed by atoms with E-state index in [1.165, 1.54) is 5.56 Å². The van der Waals surface area contributed by atoms with Crippen LogP contribution in [0, 0.1) is 5.92 Å². The van der Waals surface area contributed by atoms with Crippen LogP contribution in [0.15, 0.2) is 54.7 Å². The van der Waals surface area contributed by atoms with Crippen molar-refractivity contribution in [1.82, 2.24) is 14.9 Å². The maximum atomic E-state index is 13.0. The number of fused-ring (bicyclic) bond motifs is 2. The zero-order valence-corrected chi connectivity index (χ0v) is 17.6. The molecule has 0 spiro atoms. The number of hydrogen-bond donors (Lipinski definition) is 0. The lowest BCUT2D eigenvalue weighted by Gasteiger charge is -2.39. The van der Waals surface area contributed by atoms with Gasteiger partial charge in [0.05, 0.1) is 23.3 Å². The Kier molecular flexibility index (Phi) is 5.30. The fraction of sp³-hybridized carbons (Fsp3) is 0.375. The molecular weight excluding hydrogens is 396 g/mol. The second-order valence-corrected chi connectivity index (χ2v) is 8.72. The highest BCUT2D eigenvalue weighted by molar-refractivity contribution is 6.31. The average Bonchev–Trinajstić information content (AvgIpc) is 3.21. The number of hydrogen-bond acceptors (Lipinski definition) is 4. The van der Waals surface area contributed by atoms with E-state index >= 15 is 0 Å². The molecule has 154 valence electrons. The Labute approximate surface area is 181 Å². The molecule has 2 aromatic carbocycles. The van der Waals surface area contributed by atoms with Crippen molar-refractivity contribution in [1.29, 1.82) is 0 Å². The van der Waals surface area contributed by atoms with Crippen LogP contribution < -0.4 is 4.90 Å². The van der Waals surface area contributed by atoms with Crippen molar-refractivity contribution < 1.29 is 4.79 Å². The quantitative estimate of drug-likeness (QED) is 0.629. The molecule has 2 aliphatic heterocycles. The van der Waals surface area contributed by atoms with Crippen molar-refractivity contribution in [3.05, 3.63) is 65.3 Å². The summed E-state index contributed by atoms with van der Waals surface area (Å²) in [6.07, 6.45) is 5.40. The van der Waals surface area contributed by atoms with Crippen molar-refractivity contribution in [2.75, 3.05) is 24.5 Å². The molecule has 2 atom stereocenters. The lowest BCUT2D eigenvalue weighted by molar-refractivity contribution is -0.132. The van der Waals surface area contributed by atoms with Crippen LogP contribution in [0.5, 0.6) is 0 Å². The summed E-state index contributed by atoms with van der Waals surface area (Å²) in [5.41, 5.74) is 2.87. The van der Waals surface area contributed by atoms with Gasteiger partial charge in [-0.25, -0.2) is 4.98 Å². The number of nitrogens with zero attached hydrogens (tertiary/aromatic N) is 4. The molecule has 0 N–H and O–H groups in total. The highest BCUT2D eigenvalue weighted by Crippen LogP contribution is 2.34. The van der Waals surface area contributed by atoms with E-state index in [0.717, 1.165) is 55.7 Å². The molecule has 30 heavy (non-hydrogen) atoms.